The molecule has 0 saturated heterocycles. The molecule has 0 unspecified atom stereocenters. The quantitative estimate of drug-likeness (QED) is 0.692. The molecule has 0 bridgehead atoms. The predicted molar refractivity (Wildman–Crippen MR) is 71.5 cm³/mol. The lowest BCUT2D eigenvalue weighted by molar-refractivity contribution is 0.602. The summed E-state index contributed by atoms with van der Waals surface area (Å²) in [5.74, 6) is 0.0366. The van der Waals surface area contributed by atoms with Crippen molar-refractivity contribution in [2.75, 3.05) is 5.73 Å². The van der Waals surface area contributed by atoms with Crippen LogP contribution in [-0.2, 0) is 0 Å². The van der Waals surface area contributed by atoms with Crippen molar-refractivity contribution in [2.45, 2.75) is 0 Å². The van der Waals surface area contributed by atoms with Crippen molar-refractivity contribution in [1.82, 2.24) is 4.98 Å². The minimum absolute atomic E-state index is 0.353. The van der Waals surface area contributed by atoms with Gasteiger partial charge in [0.2, 0.25) is 5.89 Å². The minimum atomic E-state index is -0.353. The van der Waals surface area contributed by atoms with E-state index in [1.165, 1.54) is 12.1 Å². The smallest absolute Gasteiger partial charge is 0.229 e. The van der Waals surface area contributed by atoms with Crippen molar-refractivity contribution in [3.63, 3.8) is 0 Å². The largest absolute Gasteiger partial charge is 0.436 e. The normalized spacial score (nSPS) is 11.0. The first-order valence-electron chi connectivity index (χ1n) is 5.25. The van der Waals surface area contributed by atoms with Crippen LogP contribution in [0.2, 0.25) is 0 Å². The van der Waals surface area contributed by atoms with Crippen molar-refractivity contribution in [3.05, 3.63) is 46.7 Å². The molecule has 0 atom stereocenters. The molecule has 0 radical (unpaired) electrons. The molecule has 0 aliphatic carbocycles. The molecule has 3 nitrogen and oxygen atoms in total. The number of anilines is 1. The summed E-state index contributed by atoms with van der Waals surface area (Å²) in [5.41, 5.74) is 8.16. The van der Waals surface area contributed by atoms with E-state index in [9.17, 15) is 4.39 Å². The maximum atomic E-state index is 13.1. The van der Waals surface area contributed by atoms with Gasteiger partial charge in [-0.1, -0.05) is 15.9 Å². The van der Waals surface area contributed by atoms with Crippen LogP contribution in [0, 0.1) is 5.82 Å². The summed E-state index contributed by atoms with van der Waals surface area (Å²) in [6, 6.07) is 9.65. The van der Waals surface area contributed by atoms with Gasteiger partial charge in [0.05, 0.1) is 5.56 Å². The van der Waals surface area contributed by atoms with Gasteiger partial charge >= 0.3 is 0 Å². The fourth-order valence-electron chi connectivity index (χ4n) is 1.74. The van der Waals surface area contributed by atoms with E-state index in [0.29, 0.717) is 28.2 Å². The lowest BCUT2D eigenvalue weighted by Crippen LogP contribution is -1.89. The molecule has 2 N–H and O–H groups in total. The van der Waals surface area contributed by atoms with Gasteiger partial charge in [-0.15, -0.1) is 0 Å². The number of nitrogens with two attached hydrogens (primary N) is 1. The van der Waals surface area contributed by atoms with E-state index < -0.39 is 0 Å². The van der Waals surface area contributed by atoms with Crippen LogP contribution in [0.25, 0.3) is 22.6 Å². The Balaban J connectivity index is 2.19. The molecule has 3 aromatic rings. The molecule has 18 heavy (non-hydrogen) atoms. The van der Waals surface area contributed by atoms with Crippen molar-refractivity contribution >= 4 is 32.7 Å². The Kier molecular flexibility index (Phi) is 2.56. The number of oxazole rings is 1. The number of nitrogen functional groups attached to an aromatic ring is 1. The van der Waals surface area contributed by atoms with Crippen LogP contribution < -0.4 is 5.73 Å². The number of nitrogens with zero attached hydrogens (tertiary/aromatic N) is 1. The Bertz CT molecular complexity index is 739. The zero-order valence-electron chi connectivity index (χ0n) is 9.15. The minimum Gasteiger partial charge on any atom is -0.436 e. The molecule has 2 aromatic carbocycles. The van der Waals surface area contributed by atoms with E-state index in [-0.39, 0.29) is 5.82 Å². The highest BCUT2D eigenvalue weighted by Gasteiger charge is 2.11. The van der Waals surface area contributed by atoms with Gasteiger partial charge < -0.3 is 10.2 Å². The molecule has 1 heterocycles. The molecule has 0 spiro atoms. The number of hydrogen-bond donors (Lipinski definition) is 1. The summed E-state index contributed by atoms with van der Waals surface area (Å²) in [7, 11) is 0. The Morgan fingerprint density at radius 2 is 2.00 bits per heavy atom. The molecule has 0 fully saturated rings. The Hall–Kier alpha value is -1.88. The van der Waals surface area contributed by atoms with Crippen molar-refractivity contribution < 1.29 is 8.81 Å². The summed E-state index contributed by atoms with van der Waals surface area (Å²) in [6.07, 6.45) is 0. The highest BCUT2D eigenvalue weighted by molar-refractivity contribution is 9.10. The van der Waals surface area contributed by atoms with Gasteiger partial charge in [-0.3, -0.25) is 0 Å². The van der Waals surface area contributed by atoms with E-state index in [1.807, 2.05) is 6.07 Å². The van der Waals surface area contributed by atoms with Crippen LogP contribution in [0.3, 0.4) is 0 Å². The fraction of sp³-hybridized carbons (Fsp3) is 0. The van der Waals surface area contributed by atoms with Gasteiger partial charge in [0, 0.05) is 16.2 Å². The maximum Gasteiger partial charge on any atom is 0.229 e. The molecular weight excluding hydrogens is 299 g/mol. The monoisotopic (exact) mass is 306 g/mol. The Labute approximate surface area is 111 Å². The average Bonchev–Trinajstić information content (AvgIpc) is 2.71. The first-order chi connectivity index (χ1) is 8.63. The first kappa shape index (κ1) is 11.2. The van der Waals surface area contributed by atoms with Crippen LogP contribution >= 0.6 is 15.9 Å². The van der Waals surface area contributed by atoms with E-state index in [2.05, 4.69) is 20.9 Å². The fourth-order valence-corrected chi connectivity index (χ4v) is 2.12. The van der Waals surface area contributed by atoms with Gasteiger partial charge in [0.25, 0.3) is 0 Å². The second kappa shape index (κ2) is 4.10. The zero-order chi connectivity index (χ0) is 12.7. The third-order valence-electron chi connectivity index (χ3n) is 2.59. The summed E-state index contributed by atoms with van der Waals surface area (Å²) in [6.45, 7) is 0. The third kappa shape index (κ3) is 1.86. The second-order valence-electron chi connectivity index (χ2n) is 3.86. The number of aromatic nitrogens is 1. The van der Waals surface area contributed by atoms with Crippen LogP contribution in [0.15, 0.2) is 45.3 Å². The zero-order valence-corrected chi connectivity index (χ0v) is 10.7. The van der Waals surface area contributed by atoms with E-state index in [4.69, 9.17) is 10.2 Å². The van der Waals surface area contributed by atoms with Crippen molar-refractivity contribution in [1.29, 1.82) is 0 Å². The lowest BCUT2D eigenvalue weighted by Gasteiger charge is -2.00. The van der Waals surface area contributed by atoms with E-state index >= 15 is 0 Å². The summed E-state index contributed by atoms with van der Waals surface area (Å²) in [5, 5.41) is 0. The molecular formula is C13H8BrFN2O. The number of halogens is 2. The number of fused-ring (bicyclic) bond motifs is 1. The summed E-state index contributed by atoms with van der Waals surface area (Å²) < 4.78 is 19.5. The SMILES string of the molecule is Nc1cc(Br)ccc1-c1nc2ccc(F)cc2o1. The summed E-state index contributed by atoms with van der Waals surface area (Å²) >= 11 is 3.33. The highest BCUT2D eigenvalue weighted by Crippen LogP contribution is 2.30. The van der Waals surface area contributed by atoms with Crippen molar-refractivity contribution in [2.24, 2.45) is 0 Å². The number of rotatable bonds is 1. The van der Waals surface area contributed by atoms with Crippen molar-refractivity contribution in [3.8, 4) is 11.5 Å². The van der Waals surface area contributed by atoms with Crippen LogP contribution in [0.1, 0.15) is 0 Å². The van der Waals surface area contributed by atoms with Crippen LogP contribution in [0.5, 0.6) is 0 Å². The molecule has 0 aliphatic rings. The number of benzene rings is 2. The van der Waals surface area contributed by atoms with Gasteiger partial charge in [-0.2, -0.15) is 0 Å². The molecule has 90 valence electrons. The first-order valence-corrected chi connectivity index (χ1v) is 6.04. The van der Waals surface area contributed by atoms with Gasteiger partial charge in [-0.05, 0) is 30.3 Å². The maximum absolute atomic E-state index is 13.1. The van der Waals surface area contributed by atoms with E-state index in [0.717, 1.165) is 4.47 Å². The topological polar surface area (TPSA) is 52.0 Å². The van der Waals surface area contributed by atoms with E-state index in [1.54, 1.807) is 18.2 Å². The van der Waals surface area contributed by atoms with Crippen LogP contribution in [-0.4, -0.2) is 4.98 Å². The number of hydrogen-bond acceptors (Lipinski definition) is 3. The molecule has 0 amide bonds. The van der Waals surface area contributed by atoms with Gasteiger partial charge in [0.15, 0.2) is 5.58 Å². The second-order valence-corrected chi connectivity index (χ2v) is 4.78. The third-order valence-corrected chi connectivity index (χ3v) is 3.09. The highest BCUT2D eigenvalue weighted by atomic mass is 79.9. The predicted octanol–water partition coefficient (Wildman–Crippen LogP) is 3.98. The Morgan fingerprint density at radius 3 is 2.78 bits per heavy atom. The lowest BCUT2D eigenvalue weighted by atomic mass is 10.2. The summed E-state index contributed by atoms with van der Waals surface area (Å²) in [4.78, 5) is 4.29. The molecule has 0 saturated carbocycles. The standard InChI is InChI=1S/C13H8BrFN2O/c14-7-1-3-9(10(16)5-7)13-17-11-4-2-8(15)6-12(11)18-13/h1-6H,16H2. The van der Waals surface area contributed by atoms with Gasteiger partial charge in [0.1, 0.15) is 11.3 Å². The Morgan fingerprint density at radius 1 is 1.17 bits per heavy atom. The molecule has 1 aromatic heterocycles. The average molecular weight is 307 g/mol. The van der Waals surface area contributed by atoms with Crippen LogP contribution in [0.4, 0.5) is 10.1 Å². The molecule has 0 aliphatic heterocycles. The van der Waals surface area contributed by atoms with Gasteiger partial charge in [-0.25, -0.2) is 9.37 Å². The molecule has 5 heteroatoms. The molecule has 3 rings (SSSR count).